The first kappa shape index (κ1) is 13.1. The molecule has 0 saturated carbocycles. The fraction of sp³-hybridized carbons (Fsp3) is 0.364. The summed E-state index contributed by atoms with van der Waals surface area (Å²) in [5.41, 5.74) is 5.67. The van der Waals surface area contributed by atoms with Gasteiger partial charge >= 0.3 is 0 Å². The number of rotatable bonds is 5. The van der Waals surface area contributed by atoms with E-state index in [-0.39, 0.29) is 17.6 Å². The molecule has 1 amide bonds. The maximum atomic E-state index is 13.3. The van der Waals surface area contributed by atoms with Crippen molar-refractivity contribution in [3.63, 3.8) is 0 Å². The van der Waals surface area contributed by atoms with Crippen LogP contribution in [0.4, 0.5) is 4.39 Å². The first-order chi connectivity index (χ1) is 7.50. The van der Waals surface area contributed by atoms with Crippen molar-refractivity contribution in [2.75, 3.05) is 6.54 Å². The first-order valence-electron chi connectivity index (χ1n) is 4.94. The average Bonchev–Trinajstić information content (AvgIpc) is 2.22. The number of hydrogen-bond acceptors (Lipinski definition) is 2. The predicted molar refractivity (Wildman–Crippen MR) is 64.2 cm³/mol. The molecule has 0 spiro atoms. The Morgan fingerprint density at radius 1 is 1.62 bits per heavy atom. The van der Waals surface area contributed by atoms with Crippen molar-refractivity contribution in [3.05, 3.63) is 34.1 Å². The van der Waals surface area contributed by atoms with Gasteiger partial charge < -0.3 is 11.1 Å². The standard InChI is InChI=1S/C11H14BrFN2O/c1-7(11(14)16)5-15-6-8-4-9(12)2-3-10(8)13/h2-4,7,15H,5-6H2,1H3,(H2,14,16). The third-order valence-electron chi connectivity index (χ3n) is 2.26. The number of benzene rings is 1. The van der Waals surface area contributed by atoms with Gasteiger partial charge in [-0.15, -0.1) is 0 Å². The lowest BCUT2D eigenvalue weighted by Crippen LogP contribution is -2.30. The van der Waals surface area contributed by atoms with Crippen molar-refractivity contribution in [3.8, 4) is 0 Å². The van der Waals surface area contributed by atoms with Crippen molar-refractivity contribution in [2.45, 2.75) is 13.5 Å². The highest BCUT2D eigenvalue weighted by Gasteiger charge is 2.08. The van der Waals surface area contributed by atoms with Crippen molar-refractivity contribution in [1.82, 2.24) is 5.32 Å². The molecule has 1 unspecified atom stereocenters. The van der Waals surface area contributed by atoms with Gasteiger partial charge in [0.15, 0.2) is 0 Å². The van der Waals surface area contributed by atoms with Gasteiger partial charge in [0.05, 0.1) is 0 Å². The Hall–Kier alpha value is -0.940. The summed E-state index contributed by atoms with van der Waals surface area (Å²) in [4.78, 5) is 10.8. The minimum absolute atomic E-state index is 0.254. The van der Waals surface area contributed by atoms with E-state index in [1.54, 1.807) is 19.1 Å². The molecule has 0 saturated heterocycles. The molecule has 0 bridgehead atoms. The molecule has 0 aromatic heterocycles. The molecule has 0 aliphatic rings. The van der Waals surface area contributed by atoms with Crippen LogP contribution in [-0.4, -0.2) is 12.5 Å². The average molecular weight is 289 g/mol. The largest absolute Gasteiger partial charge is 0.369 e. The lowest BCUT2D eigenvalue weighted by atomic mass is 10.1. The van der Waals surface area contributed by atoms with E-state index in [4.69, 9.17) is 5.73 Å². The normalized spacial score (nSPS) is 12.4. The molecule has 1 aromatic rings. The van der Waals surface area contributed by atoms with E-state index in [0.717, 1.165) is 4.47 Å². The summed E-state index contributed by atoms with van der Waals surface area (Å²) in [6, 6.07) is 4.75. The number of carbonyl (C=O) groups excluding carboxylic acids is 1. The molecule has 16 heavy (non-hydrogen) atoms. The lowest BCUT2D eigenvalue weighted by Gasteiger charge is -2.09. The summed E-state index contributed by atoms with van der Waals surface area (Å²) in [6.45, 7) is 2.55. The molecule has 1 aromatic carbocycles. The van der Waals surface area contributed by atoms with Crippen molar-refractivity contribution in [2.24, 2.45) is 11.7 Å². The highest BCUT2D eigenvalue weighted by molar-refractivity contribution is 9.10. The lowest BCUT2D eigenvalue weighted by molar-refractivity contribution is -0.121. The van der Waals surface area contributed by atoms with E-state index in [1.807, 2.05) is 0 Å². The highest BCUT2D eigenvalue weighted by atomic mass is 79.9. The Kier molecular flexibility index (Phi) is 4.89. The van der Waals surface area contributed by atoms with E-state index in [1.165, 1.54) is 6.07 Å². The second-order valence-corrected chi connectivity index (χ2v) is 4.59. The summed E-state index contributed by atoms with van der Waals surface area (Å²) in [5, 5.41) is 2.99. The van der Waals surface area contributed by atoms with Crippen molar-refractivity contribution in [1.29, 1.82) is 0 Å². The highest BCUT2D eigenvalue weighted by Crippen LogP contribution is 2.15. The van der Waals surface area contributed by atoms with E-state index < -0.39 is 0 Å². The van der Waals surface area contributed by atoms with Gasteiger partial charge in [-0.1, -0.05) is 22.9 Å². The topological polar surface area (TPSA) is 55.1 Å². The predicted octanol–water partition coefficient (Wildman–Crippen LogP) is 1.80. The van der Waals surface area contributed by atoms with Crippen LogP contribution >= 0.6 is 15.9 Å². The van der Waals surface area contributed by atoms with Gasteiger partial charge in [-0.2, -0.15) is 0 Å². The molecule has 3 nitrogen and oxygen atoms in total. The smallest absolute Gasteiger partial charge is 0.221 e. The number of nitrogens with one attached hydrogen (secondary N) is 1. The Morgan fingerprint density at radius 3 is 2.94 bits per heavy atom. The van der Waals surface area contributed by atoms with Gasteiger partial charge in [0.2, 0.25) is 5.91 Å². The number of primary amides is 1. The van der Waals surface area contributed by atoms with Crippen LogP contribution in [0.25, 0.3) is 0 Å². The van der Waals surface area contributed by atoms with Crippen LogP contribution in [0.3, 0.4) is 0 Å². The molecule has 3 N–H and O–H groups in total. The quantitative estimate of drug-likeness (QED) is 0.868. The molecule has 1 rings (SSSR count). The molecule has 0 fully saturated rings. The zero-order chi connectivity index (χ0) is 12.1. The molecule has 5 heteroatoms. The van der Waals surface area contributed by atoms with Gasteiger partial charge in [0.1, 0.15) is 5.82 Å². The number of carbonyl (C=O) groups is 1. The van der Waals surface area contributed by atoms with Crippen LogP contribution in [0.1, 0.15) is 12.5 Å². The number of nitrogens with two attached hydrogens (primary N) is 1. The summed E-state index contributed by atoms with van der Waals surface area (Å²) in [6.07, 6.45) is 0. The molecule has 0 radical (unpaired) electrons. The summed E-state index contributed by atoms with van der Waals surface area (Å²) >= 11 is 3.27. The second kappa shape index (κ2) is 5.96. The maximum Gasteiger partial charge on any atom is 0.221 e. The molecule has 0 heterocycles. The zero-order valence-corrected chi connectivity index (χ0v) is 10.6. The molecule has 0 aliphatic heterocycles. The molecule has 88 valence electrons. The van der Waals surface area contributed by atoms with Crippen LogP contribution in [0.2, 0.25) is 0 Å². The molecular weight excluding hydrogens is 275 g/mol. The SMILES string of the molecule is CC(CNCc1cc(Br)ccc1F)C(N)=O. The number of amides is 1. The van der Waals surface area contributed by atoms with Crippen LogP contribution in [0, 0.1) is 11.7 Å². The molecule has 1 atom stereocenters. The third kappa shape index (κ3) is 3.90. The Bertz CT molecular complexity index is 384. The van der Waals surface area contributed by atoms with Crippen LogP contribution < -0.4 is 11.1 Å². The van der Waals surface area contributed by atoms with E-state index >= 15 is 0 Å². The van der Waals surface area contributed by atoms with Gasteiger partial charge in [0.25, 0.3) is 0 Å². The minimum Gasteiger partial charge on any atom is -0.369 e. The van der Waals surface area contributed by atoms with Gasteiger partial charge in [-0.25, -0.2) is 4.39 Å². The minimum atomic E-state index is -0.359. The van der Waals surface area contributed by atoms with Gasteiger partial charge in [0, 0.05) is 29.0 Å². The summed E-state index contributed by atoms with van der Waals surface area (Å²) in [5.74, 6) is -0.875. The van der Waals surface area contributed by atoms with E-state index in [9.17, 15) is 9.18 Å². The summed E-state index contributed by atoms with van der Waals surface area (Å²) < 4.78 is 14.1. The van der Waals surface area contributed by atoms with E-state index in [0.29, 0.717) is 18.7 Å². The Morgan fingerprint density at radius 2 is 2.31 bits per heavy atom. The number of hydrogen-bond donors (Lipinski definition) is 2. The Balaban J connectivity index is 2.48. The zero-order valence-electron chi connectivity index (χ0n) is 8.97. The molecule has 0 aliphatic carbocycles. The van der Waals surface area contributed by atoms with Crippen LogP contribution in [0.5, 0.6) is 0 Å². The fourth-order valence-electron chi connectivity index (χ4n) is 1.20. The van der Waals surface area contributed by atoms with Crippen molar-refractivity contribution >= 4 is 21.8 Å². The van der Waals surface area contributed by atoms with E-state index in [2.05, 4.69) is 21.2 Å². The molecular formula is C11H14BrFN2O. The van der Waals surface area contributed by atoms with Gasteiger partial charge in [-0.05, 0) is 18.2 Å². The van der Waals surface area contributed by atoms with Crippen LogP contribution in [-0.2, 0) is 11.3 Å². The monoisotopic (exact) mass is 288 g/mol. The van der Waals surface area contributed by atoms with Crippen molar-refractivity contribution < 1.29 is 9.18 Å². The first-order valence-corrected chi connectivity index (χ1v) is 5.74. The third-order valence-corrected chi connectivity index (χ3v) is 2.75. The van der Waals surface area contributed by atoms with Crippen LogP contribution in [0.15, 0.2) is 22.7 Å². The maximum absolute atomic E-state index is 13.3. The number of halogens is 2. The fourth-order valence-corrected chi connectivity index (χ4v) is 1.61. The van der Waals surface area contributed by atoms with Gasteiger partial charge in [-0.3, -0.25) is 4.79 Å². The second-order valence-electron chi connectivity index (χ2n) is 3.67. The summed E-state index contributed by atoms with van der Waals surface area (Å²) in [7, 11) is 0. The Labute approximate surface area is 102 Å².